The summed E-state index contributed by atoms with van der Waals surface area (Å²) in [6.45, 7) is 1.91. The summed E-state index contributed by atoms with van der Waals surface area (Å²) in [6, 6.07) is 21.2. The molecule has 35 heavy (non-hydrogen) atoms. The minimum atomic E-state index is -0.506. The largest absolute Gasteiger partial charge is 0.496 e. The first-order valence-electron chi connectivity index (χ1n) is 12.8. The molecule has 5 heteroatoms. The zero-order valence-corrected chi connectivity index (χ0v) is 21.2. The summed E-state index contributed by atoms with van der Waals surface area (Å²) >= 11 is 0. The number of nitrogens with one attached hydrogen (secondary N) is 2. The Morgan fingerprint density at radius 1 is 0.971 bits per heavy atom. The summed E-state index contributed by atoms with van der Waals surface area (Å²) in [5, 5.41) is 9.86. The third-order valence-electron chi connectivity index (χ3n) is 7.88. The Hall–Kier alpha value is -3.02. The van der Waals surface area contributed by atoms with Gasteiger partial charge in [0.2, 0.25) is 0 Å². The van der Waals surface area contributed by atoms with Gasteiger partial charge < -0.3 is 26.0 Å². The van der Waals surface area contributed by atoms with Crippen LogP contribution in [-0.4, -0.2) is 38.3 Å². The van der Waals surface area contributed by atoms with Crippen LogP contribution in [0, 0.1) is 11.8 Å². The Bertz CT molecular complexity index is 1210. The van der Waals surface area contributed by atoms with Gasteiger partial charge in [-0.15, -0.1) is 0 Å². The maximum Gasteiger partial charge on any atom is 0.126 e. The van der Waals surface area contributed by atoms with E-state index in [4.69, 9.17) is 10.5 Å². The zero-order valence-electron chi connectivity index (χ0n) is 21.2. The van der Waals surface area contributed by atoms with Gasteiger partial charge in [0.15, 0.2) is 0 Å². The van der Waals surface area contributed by atoms with Crippen molar-refractivity contribution in [3.63, 3.8) is 0 Å². The van der Waals surface area contributed by atoms with Crippen LogP contribution in [0.4, 0.5) is 5.69 Å². The molecule has 1 fully saturated rings. The maximum atomic E-state index is 7.03. The Balaban J connectivity index is 1.20. The molecule has 1 saturated carbocycles. The fourth-order valence-corrected chi connectivity index (χ4v) is 5.90. The van der Waals surface area contributed by atoms with E-state index >= 15 is 0 Å². The summed E-state index contributed by atoms with van der Waals surface area (Å²) in [5.41, 5.74) is 11.4. The summed E-state index contributed by atoms with van der Waals surface area (Å²) in [7, 11) is 5.94. The lowest BCUT2D eigenvalue weighted by Gasteiger charge is -2.44. The third-order valence-corrected chi connectivity index (χ3v) is 7.88. The minimum Gasteiger partial charge on any atom is -0.496 e. The molecule has 4 N–H and O–H groups in total. The van der Waals surface area contributed by atoms with Crippen molar-refractivity contribution in [2.45, 2.75) is 37.9 Å². The number of fused-ring (bicyclic) bond motifs is 2. The SMILES string of the molecule is COc1ccc(CNCC2CCC(C3(N)C=C(N(C)C)c4ccccc4N3)CC2)c2ccccc12. The second-order valence-corrected chi connectivity index (χ2v) is 10.3. The lowest BCUT2D eigenvalue weighted by Crippen LogP contribution is -2.55. The number of methoxy groups -OCH3 is 1. The van der Waals surface area contributed by atoms with Gasteiger partial charge >= 0.3 is 0 Å². The highest BCUT2D eigenvalue weighted by molar-refractivity contribution is 5.91. The van der Waals surface area contributed by atoms with Crippen molar-refractivity contribution in [1.29, 1.82) is 0 Å². The first-order valence-corrected chi connectivity index (χ1v) is 12.8. The molecule has 1 aliphatic carbocycles. The Morgan fingerprint density at radius 3 is 2.43 bits per heavy atom. The second-order valence-electron chi connectivity index (χ2n) is 10.3. The number of hydrogen-bond donors (Lipinski definition) is 3. The van der Waals surface area contributed by atoms with E-state index in [0.29, 0.717) is 11.8 Å². The van der Waals surface area contributed by atoms with Gasteiger partial charge in [-0.05, 0) is 73.2 Å². The van der Waals surface area contributed by atoms with Crippen LogP contribution in [0.15, 0.2) is 66.7 Å². The van der Waals surface area contributed by atoms with E-state index in [1.165, 1.54) is 40.4 Å². The Morgan fingerprint density at radius 2 is 1.69 bits per heavy atom. The normalized spacial score (nSPS) is 23.8. The predicted molar refractivity (Wildman–Crippen MR) is 146 cm³/mol. The summed E-state index contributed by atoms with van der Waals surface area (Å²) < 4.78 is 5.55. The molecule has 1 atom stereocenters. The molecule has 184 valence electrons. The minimum absolute atomic E-state index is 0.424. The molecule has 0 aromatic heterocycles. The first kappa shape index (κ1) is 23.7. The fraction of sp³-hybridized carbons (Fsp3) is 0.400. The molecule has 0 saturated heterocycles. The fourth-order valence-electron chi connectivity index (χ4n) is 5.90. The van der Waals surface area contributed by atoms with Crippen molar-refractivity contribution in [3.8, 4) is 5.75 Å². The van der Waals surface area contributed by atoms with Gasteiger partial charge in [0.1, 0.15) is 11.4 Å². The summed E-state index contributed by atoms with van der Waals surface area (Å²) in [6.07, 6.45) is 6.94. The van der Waals surface area contributed by atoms with Crippen molar-refractivity contribution in [3.05, 3.63) is 77.9 Å². The molecule has 3 aromatic carbocycles. The molecule has 0 bridgehead atoms. The van der Waals surface area contributed by atoms with Crippen LogP contribution in [0.5, 0.6) is 5.75 Å². The number of nitrogens with zero attached hydrogens (tertiary/aromatic N) is 1. The monoisotopic (exact) mass is 470 g/mol. The highest BCUT2D eigenvalue weighted by Gasteiger charge is 2.39. The molecule has 1 heterocycles. The number of benzene rings is 3. The van der Waals surface area contributed by atoms with Crippen LogP contribution in [0.25, 0.3) is 16.5 Å². The van der Waals surface area contributed by atoms with Crippen molar-refractivity contribution < 1.29 is 4.74 Å². The van der Waals surface area contributed by atoms with Crippen molar-refractivity contribution in [2.75, 3.05) is 33.1 Å². The van der Waals surface area contributed by atoms with E-state index in [0.717, 1.165) is 37.4 Å². The summed E-state index contributed by atoms with van der Waals surface area (Å²) in [5.74, 6) is 2.05. The molecule has 0 amide bonds. The van der Waals surface area contributed by atoms with Crippen LogP contribution in [-0.2, 0) is 6.54 Å². The highest BCUT2D eigenvalue weighted by Crippen LogP contribution is 2.41. The van der Waals surface area contributed by atoms with Gasteiger partial charge in [-0.1, -0.05) is 48.5 Å². The molecule has 0 spiro atoms. The topological polar surface area (TPSA) is 62.6 Å². The average molecular weight is 471 g/mol. The van der Waals surface area contributed by atoms with Crippen LogP contribution >= 0.6 is 0 Å². The van der Waals surface area contributed by atoms with Crippen LogP contribution < -0.4 is 21.1 Å². The third kappa shape index (κ3) is 4.75. The quantitative estimate of drug-likeness (QED) is 0.430. The van der Waals surface area contributed by atoms with E-state index in [-0.39, 0.29) is 0 Å². The molecule has 3 aromatic rings. The van der Waals surface area contributed by atoms with Crippen molar-refractivity contribution >= 4 is 22.2 Å². The second kappa shape index (κ2) is 9.92. The molecule has 5 nitrogen and oxygen atoms in total. The van der Waals surface area contributed by atoms with E-state index < -0.39 is 5.66 Å². The molecule has 2 aliphatic rings. The van der Waals surface area contributed by atoms with Gasteiger partial charge in [-0.2, -0.15) is 0 Å². The number of anilines is 1. The lowest BCUT2D eigenvalue weighted by molar-refractivity contribution is 0.215. The Labute approximate surface area is 209 Å². The number of para-hydroxylation sites is 1. The zero-order chi connectivity index (χ0) is 24.4. The maximum absolute atomic E-state index is 7.03. The van der Waals surface area contributed by atoms with Gasteiger partial charge in [0.05, 0.1) is 7.11 Å². The van der Waals surface area contributed by atoms with E-state index in [2.05, 4.69) is 96.4 Å². The predicted octanol–water partition coefficient (Wildman–Crippen LogP) is 5.43. The molecular formula is C30H38N4O. The van der Waals surface area contributed by atoms with E-state index in [1.807, 2.05) is 0 Å². The van der Waals surface area contributed by atoms with Crippen molar-refractivity contribution in [1.82, 2.24) is 10.2 Å². The lowest BCUT2D eigenvalue weighted by atomic mass is 9.74. The smallest absolute Gasteiger partial charge is 0.126 e. The molecule has 1 unspecified atom stereocenters. The highest BCUT2D eigenvalue weighted by atomic mass is 16.5. The Kier molecular flexibility index (Phi) is 6.72. The van der Waals surface area contributed by atoms with Gasteiger partial charge in [0.25, 0.3) is 0 Å². The molecule has 0 radical (unpaired) electrons. The first-order chi connectivity index (χ1) is 17.0. The number of hydrogen-bond acceptors (Lipinski definition) is 5. The summed E-state index contributed by atoms with van der Waals surface area (Å²) in [4.78, 5) is 2.18. The standard InChI is InChI=1S/C30H38N4O/c1-34(2)28-18-30(31,33-27-11-7-6-10-26(27)28)23-15-12-21(13-16-23)19-32-20-22-14-17-29(35-3)25-9-5-4-8-24(22)25/h4-11,14,17-18,21,23,32-33H,12-13,15-16,19-20,31H2,1-3H3. The van der Waals surface area contributed by atoms with Crippen LogP contribution in [0.1, 0.15) is 36.8 Å². The molecular weight excluding hydrogens is 432 g/mol. The van der Waals surface area contributed by atoms with Crippen molar-refractivity contribution in [2.24, 2.45) is 17.6 Å². The van der Waals surface area contributed by atoms with Crippen LogP contribution in [0.2, 0.25) is 0 Å². The van der Waals surface area contributed by atoms with Gasteiger partial charge in [-0.3, -0.25) is 0 Å². The van der Waals surface area contributed by atoms with Gasteiger partial charge in [0, 0.05) is 43.0 Å². The van der Waals surface area contributed by atoms with E-state index in [1.54, 1.807) is 7.11 Å². The molecule has 5 rings (SSSR count). The van der Waals surface area contributed by atoms with Crippen LogP contribution in [0.3, 0.4) is 0 Å². The number of rotatable bonds is 7. The average Bonchev–Trinajstić information content (AvgIpc) is 2.88. The molecule has 1 aliphatic heterocycles. The number of nitrogens with two attached hydrogens (primary N) is 1. The van der Waals surface area contributed by atoms with E-state index in [9.17, 15) is 0 Å². The number of ether oxygens (including phenoxy) is 1. The van der Waals surface area contributed by atoms with Gasteiger partial charge in [-0.25, -0.2) is 0 Å².